The van der Waals surface area contributed by atoms with Gasteiger partial charge in [0.05, 0.1) is 11.8 Å². The minimum absolute atomic E-state index is 0.0440. The van der Waals surface area contributed by atoms with Gasteiger partial charge >= 0.3 is 0 Å². The number of hydrogen-bond donors (Lipinski definition) is 1. The highest BCUT2D eigenvalue weighted by molar-refractivity contribution is 9.10. The van der Waals surface area contributed by atoms with E-state index in [0.717, 1.165) is 12.8 Å². The van der Waals surface area contributed by atoms with E-state index >= 15 is 0 Å². The first-order valence-corrected chi connectivity index (χ1v) is 5.60. The van der Waals surface area contributed by atoms with Crippen molar-refractivity contribution >= 4 is 21.8 Å². The fourth-order valence-corrected chi connectivity index (χ4v) is 2.21. The fraction of sp³-hybridized carbons (Fsp3) is 0.500. The van der Waals surface area contributed by atoms with Gasteiger partial charge in [-0.05, 0) is 34.8 Å². The largest absolute Gasteiger partial charge is 0.457 e. The zero-order valence-corrected chi connectivity index (χ0v) is 9.34. The van der Waals surface area contributed by atoms with Gasteiger partial charge in [0.15, 0.2) is 4.67 Å². The molecule has 14 heavy (non-hydrogen) atoms. The van der Waals surface area contributed by atoms with Gasteiger partial charge in [0.1, 0.15) is 0 Å². The van der Waals surface area contributed by atoms with Crippen LogP contribution in [0.1, 0.15) is 36.0 Å². The lowest BCUT2D eigenvalue weighted by Gasteiger charge is -2.10. The predicted molar refractivity (Wildman–Crippen MR) is 56.1 cm³/mol. The maximum atomic E-state index is 11.7. The molecule has 0 aliphatic heterocycles. The number of amides is 1. The van der Waals surface area contributed by atoms with E-state index in [1.165, 1.54) is 19.1 Å². The number of rotatable bonds is 2. The lowest BCUT2D eigenvalue weighted by atomic mass is 10.2. The summed E-state index contributed by atoms with van der Waals surface area (Å²) in [7, 11) is 0. The van der Waals surface area contributed by atoms with Gasteiger partial charge in [0, 0.05) is 6.04 Å². The number of furan rings is 1. The Balaban J connectivity index is 1.98. The number of nitrogens with one attached hydrogen (secondary N) is 1. The van der Waals surface area contributed by atoms with E-state index in [9.17, 15) is 4.79 Å². The van der Waals surface area contributed by atoms with E-state index in [1.807, 2.05) is 0 Å². The van der Waals surface area contributed by atoms with E-state index < -0.39 is 0 Å². The first-order valence-electron chi connectivity index (χ1n) is 4.81. The van der Waals surface area contributed by atoms with Crippen LogP contribution in [0.3, 0.4) is 0 Å². The molecule has 0 atom stereocenters. The summed E-state index contributed by atoms with van der Waals surface area (Å²) >= 11 is 3.19. The zero-order valence-electron chi connectivity index (χ0n) is 7.75. The topological polar surface area (TPSA) is 42.2 Å². The Labute approximate surface area is 91.0 Å². The normalized spacial score (nSPS) is 17.2. The second-order valence-electron chi connectivity index (χ2n) is 3.56. The van der Waals surface area contributed by atoms with Gasteiger partial charge in [-0.2, -0.15) is 0 Å². The van der Waals surface area contributed by atoms with Crippen molar-refractivity contribution < 1.29 is 9.21 Å². The molecule has 0 radical (unpaired) electrons. The Morgan fingerprint density at radius 1 is 1.50 bits per heavy atom. The van der Waals surface area contributed by atoms with Crippen molar-refractivity contribution in [1.29, 1.82) is 0 Å². The Kier molecular flexibility index (Phi) is 2.91. The quantitative estimate of drug-likeness (QED) is 0.886. The molecular weight excluding hydrogens is 246 g/mol. The summed E-state index contributed by atoms with van der Waals surface area (Å²) in [6, 6.07) is 2.03. The molecule has 0 spiro atoms. The molecule has 0 aromatic carbocycles. The molecule has 1 heterocycles. The van der Waals surface area contributed by atoms with Gasteiger partial charge in [0.25, 0.3) is 5.91 Å². The van der Waals surface area contributed by atoms with Crippen LogP contribution in [0.5, 0.6) is 0 Å². The number of hydrogen-bond acceptors (Lipinski definition) is 2. The molecule has 4 heteroatoms. The average Bonchev–Trinajstić information content (AvgIpc) is 2.75. The smallest absolute Gasteiger partial charge is 0.255 e. The van der Waals surface area contributed by atoms with E-state index in [4.69, 9.17) is 4.42 Å². The van der Waals surface area contributed by atoms with Gasteiger partial charge in [0.2, 0.25) is 0 Å². The molecule has 1 saturated carbocycles. The van der Waals surface area contributed by atoms with Crippen molar-refractivity contribution in [2.24, 2.45) is 0 Å². The van der Waals surface area contributed by atoms with Crippen LogP contribution in [0.4, 0.5) is 0 Å². The zero-order chi connectivity index (χ0) is 9.97. The standard InChI is InChI=1S/C10H12BrNO2/c11-9-8(5-6-14-9)10(13)12-7-3-1-2-4-7/h5-7H,1-4H2,(H,12,13). The Morgan fingerprint density at radius 2 is 2.21 bits per heavy atom. The Bertz CT molecular complexity index is 329. The van der Waals surface area contributed by atoms with Gasteiger partial charge in [-0.25, -0.2) is 0 Å². The molecule has 2 rings (SSSR count). The summed E-state index contributed by atoms with van der Waals surface area (Å²) in [4.78, 5) is 11.7. The van der Waals surface area contributed by atoms with Gasteiger partial charge < -0.3 is 9.73 Å². The highest BCUT2D eigenvalue weighted by Gasteiger charge is 2.19. The van der Waals surface area contributed by atoms with Gasteiger partial charge in [-0.15, -0.1) is 0 Å². The summed E-state index contributed by atoms with van der Waals surface area (Å²) < 4.78 is 5.51. The summed E-state index contributed by atoms with van der Waals surface area (Å²) in [6.45, 7) is 0. The van der Waals surface area contributed by atoms with E-state index in [0.29, 0.717) is 16.3 Å². The first kappa shape index (κ1) is 9.77. The number of halogens is 1. The van der Waals surface area contributed by atoms with E-state index in [1.54, 1.807) is 6.07 Å². The summed E-state index contributed by atoms with van der Waals surface area (Å²) in [5.41, 5.74) is 0.580. The number of carbonyl (C=O) groups excluding carboxylic acids is 1. The molecule has 1 aliphatic carbocycles. The van der Waals surface area contributed by atoms with Crippen molar-refractivity contribution in [2.75, 3.05) is 0 Å². The molecular formula is C10H12BrNO2. The average molecular weight is 258 g/mol. The van der Waals surface area contributed by atoms with Crippen molar-refractivity contribution in [3.8, 4) is 0 Å². The van der Waals surface area contributed by atoms with Crippen LogP contribution < -0.4 is 5.32 Å². The van der Waals surface area contributed by atoms with Crippen molar-refractivity contribution in [3.63, 3.8) is 0 Å². The van der Waals surface area contributed by atoms with Crippen LogP contribution in [0.25, 0.3) is 0 Å². The SMILES string of the molecule is O=C(NC1CCCC1)c1ccoc1Br. The minimum Gasteiger partial charge on any atom is -0.457 e. The third-order valence-corrected chi connectivity index (χ3v) is 3.17. The molecule has 0 bridgehead atoms. The van der Waals surface area contributed by atoms with Crippen LogP contribution in [0, 0.1) is 0 Å². The molecule has 3 nitrogen and oxygen atoms in total. The van der Waals surface area contributed by atoms with Crippen LogP contribution in [0.15, 0.2) is 21.4 Å². The minimum atomic E-state index is -0.0440. The Hall–Kier alpha value is -0.770. The lowest BCUT2D eigenvalue weighted by molar-refractivity contribution is 0.0936. The maximum absolute atomic E-state index is 11.7. The van der Waals surface area contributed by atoms with Crippen molar-refractivity contribution in [3.05, 3.63) is 22.6 Å². The predicted octanol–water partition coefficient (Wildman–Crippen LogP) is 2.71. The second kappa shape index (κ2) is 4.17. The van der Waals surface area contributed by atoms with Crippen molar-refractivity contribution in [1.82, 2.24) is 5.32 Å². The summed E-state index contributed by atoms with van der Waals surface area (Å²) in [5, 5.41) is 2.99. The first-order chi connectivity index (χ1) is 6.77. The van der Waals surface area contributed by atoms with Gasteiger partial charge in [-0.1, -0.05) is 12.8 Å². The number of carbonyl (C=O) groups is 1. The third kappa shape index (κ3) is 2.00. The highest BCUT2D eigenvalue weighted by Crippen LogP contribution is 2.21. The molecule has 1 fully saturated rings. The van der Waals surface area contributed by atoms with Crippen LogP contribution >= 0.6 is 15.9 Å². The maximum Gasteiger partial charge on any atom is 0.255 e. The van der Waals surface area contributed by atoms with Crippen LogP contribution in [0.2, 0.25) is 0 Å². The molecule has 0 unspecified atom stereocenters. The summed E-state index contributed by atoms with van der Waals surface area (Å²) in [5.74, 6) is -0.0440. The van der Waals surface area contributed by atoms with Crippen LogP contribution in [-0.4, -0.2) is 11.9 Å². The molecule has 1 amide bonds. The molecule has 1 aromatic rings. The third-order valence-electron chi connectivity index (χ3n) is 2.55. The Morgan fingerprint density at radius 3 is 2.79 bits per heavy atom. The van der Waals surface area contributed by atoms with E-state index in [-0.39, 0.29) is 5.91 Å². The van der Waals surface area contributed by atoms with Gasteiger partial charge in [-0.3, -0.25) is 4.79 Å². The summed E-state index contributed by atoms with van der Waals surface area (Å²) in [6.07, 6.45) is 6.14. The molecule has 76 valence electrons. The molecule has 0 saturated heterocycles. The lowest BCUT2D eigenvalue weighted by Crippen LogP contribution is -2.32. The molecule has 1 aliphatic rings. The van der Waals surface area contributed by atoms with Crippen molar-refractivity contribution in [2.45, 2.75) is 31.7 Å². The van der Waals surface area contributed by atoms with E-state index in [2.05, 4.69) is 21.2 Å². The monoisotopic (exact) mass is 257 g/mol. The second-order valence-corrected chi connectivity index (χ2v) is 4.28. The highest BCUT2D eigenvalue weighted by atomic mass is 79.9. The molecule has 1 aromatic heterocycles. The van der Waals surface area contributed by atoms with Crippen LogP contribution in [-0.2, 0) is 0 Å². The fourth-order valence-electron chi connectivity index (χ4n) is 1.79. The molecule has 1 N–H and O–H groups in total.